The van der Waals surface area contributed by atoms with Gasteiger partial charge in [-0.2, -0.15) is 0 Å². The summed E-state index contributed by atoms with van der Waals surface area (Å²) in [7, 11) is 1.63. The molecule has 0 aliphatic heterocycles. The van der Waals surface area contributed by atoms with E-state index in [-0.39, 0.29) is 5.38 Å². The lowest BCUT2D eigenvalue weighted by Gasteiger charge is -2.11. The average molecular weight is 380 g/mol. The third kappa shape index (κ3) is 2.69. The summed E-state index contributed by atoms with van der Waals surface area (Å²) in [6.07, 6.45) is 1.60. The van der Waals surface area contributed by atoms with Gasteiger partial charge in [0.05, 0.1) is 18.8 Å². The van der Waals surface area contributed by atoms with Crippen LogP contribution in [0.5, 0.6) is 5.75 Å². The van der Waals surface area contributed by atoms with Crippen molar-refractivity contribution in [2.24, 2.45) is 0 Å². The first kappa shape index (κ1) is 13.0. The van der Waals surface area contributed by atoms with Gasteiger partial charge in [-0.05, 0) is 39.7 Å². The van der Waals surface area contributed by atoms with E-state index in [9.17, 15) is 0 Å². The monoisotopic (exact) mass is 378 g/mol. The van der Waals surface area contributed by atoms with Gasteiger partial charge in [-0.1, -0.05) is 22.0 Å². The largest absolute Gasteiger partial charge is 0.497 e. The molecule has 0 saturated carbocycles. The zero-order valence-electron chi connectivity index (χ0n) is 8.91. The molecule has 2 rings (SSSR count). The van der Waals surface area contributed by atoms with Crippen LogP contribution in [-0.2, 0) is 0 Å². The molecule has 1 unspecified atom stereocenters. The molecule has 2 aromatic rings. The Bertz CT molecular complexity index is 525. The van der Waals surface area contributed by atoms with Gasteiger partial charge in [-0.15, -0.1) is 11.6 Å². The first-order chi connectivity index (χ1) is 8.13. The van der Waals surface area contributed by atoms with Gasteiger partial charge < -0.3 is 9.15 Å². The smallest absolute Gasteiger partial charge is 0.173 e. The fourth-order valence-electron chi connectivity index (χ4n) is 1.49. The molecular weight excluding hydrogens is 371 g/mol. The van der Waals surface area contributed by atoms with Crippen LogP contribution in [0.15, 0.2) is 44.1 Å². The van der Waals surface area contributed by atoms with E-state index in [0.717, 1.165) is 21.3 Å². The maximum absolute atomic E-state index is 6.42. The van der Waals surface area contributed by atoms with Crippen molar-refractivity contribution in [1.82, 2.24) is 0 Å². The molecule has 1 heterocycles. The topological polar surface area (TPSA) is 22.4 Å². The molecule has 0 N–H and O–H groups in total. The van der Waals surface area contributed by atoms with Crippen molar-refractivity contribution in [3.63, 3.8) is 0 Å². The van der Waals surface area contributed by atoms with Gasteiger partial charge in [0.15, 0.2) is 4.67 Å². The molecule has 1 aromatic carbocycles. The maximum atomic E-state index is 6.42. The van der Waals surface area contributed by atoms with E-state index in [0.29, 0.717) is 4.67 Å². The van der Waals surface area contributed by atoms with Crippen LogP contribution in [0.3, 0.4) is 0 Å². The SMILES string of the molecule is COc1ccc(C(Cl)c2ccoc2Br)c(Br)c1. The zero-order chi connectivity index (χ0) is 12.4. The van der Waals surface area contributed by atoms with Crippen LogP contribution in [-0.4, -0.2) is 7.11 Å². The summed E-state index contributed by atoms with van der Waals surface area (Å²) in [6, 6.07) is 7.54. The Labute approximate surface area is 121 Å². The second kappa shape index (κ2) is 5.46. The molecule has 0 amide bonds. The number of benzene rings is 1. The molecule has 1 aromatic heterocycles. The van der Waals surface area contributed by atoms with Crippen molar-refractivity contribution in [2.45, 2.75) is 5.38 Å². The van der Waals surface area contributed by atoms with Gasteiger partial charge in [0.1, 0.15) is 5.75 Å². The van der Waals surface area contributed by atoms with Crippen LogP contribution in [0.25, 0.3) is 0 Å². The molecule has 2 nitrogen and oxygen atoms in total. The van der Waals surface area contributed by atoms with E-state index >= 15 is 0 Å². The number of halogens is 3. The maximum Gasteiger partial charge on any atom is 0.173 e. The zero-order valence-corrected chi connectivity index (χ0v) is 12.8. The van der Waals surface area contributed by atoms with E-state index in [4.69, 9.17) is 20.8 Å². The van der Waals surface area contributed by atoms with Gasteiger partial charge in [0.2, 0.25) is 0 Å². The Morgan fingerprint density at radius 2 is 2.00 bits per heavy atom. The van der Waals surface area contributed by atoms with Gasteiger partial charge in [-0.3, -0.25) is 0 Å². The second-order valence-corrected chi connectivity index (χ2v) is 5.41. The highest BCUT2D eigenvalue weighted by molar-refractivity contribution is 9.10. The van der Waals surface area contributed by atoms with E-state index < -0.39 is 0 Å². The summed E-state index contributed by atoms with van der Waals surface area (Å²) >= 11 is 13.2. The van der Waals surface area contributed by atoms with E-state index in [1.54, 1.807) is 13.4 Å². The lowest BCUT2D eigenvalue weighted by molar-refractivity contribution is 0.414. The summed E-state index contributed by atoms with van der Waals surface area (Å²) in [4.78, 5) is 0. The number of methoxy groups -OCH3 is 1. The minimum absolute atomic E-state index is 0.275. The third-order valence-corrected chi connectivity index (χ3v) is 4.20. The van der Waals surface area contributed by atoms with Gasteiger partial charge in [0.25, 0.3) is 0 Å². The Morgan fingerprint density at radius 3 is 2.53 bits per heavy atom. The molecule has 0 radical (unpaired) electrons. The summed E-state index contributed by atoms with van der Waals surface area (Å²) in [5.74, 6) is 0.788. The molecule has 0 saturated heterocycles. The molecule has 0 fully saturated rings. The van der Waals surface area contributed by atoms with E-state index in [1.165, 1.54) is 0 Å². The van der Waals surface area contributed by atoms with Gasteiger partial charge >= 0.3 is 0 Å². The summed E-state index contributed by atoms with van der Waals surface area (Å²) in [6.45, 7) is 0. The van der Waals surface area contributed by atoms with Gasteiger partial charge in [-0.25, -0.2) is 0 Å². The molecule has 0 aliphatic carbocycles. The molecular formula is C12H9Br2ClO2. The van der Waals surface area contributed by atoms with Gasteiger partial charge in [0, 0.05) is 10.0 Å². The first-order valence-corrected chi connectivity index (χ1v) is 6.86. The number of rotatable bonds is 3. The van der Waals surface area contributed by atoms with Crippen LogP contribution >= 0.6 is 43.5 Å². The summed E-state index contributed by atoms with van der Waals surface area (Å²) in [5.41, 5.74) is 1.87. The molecule has 0 spiro atoms. The Hall–Kier alpha value is -0.450. The van der Waals surface area contributed by atoms with Crippen molar-refractivity contribution in [1.29, 1.82) is 0 Å². The highest BCUT2D eigenvalue weighted by atomic mass is 79.9. The Balaban J connectivity index is 2.38. The molecule has 0 bridgehead atoms. The van der Waals surface area contributed by atoms with Crippen molar-refractivity contribution >= 4 is 43.5 Å². The Morgan fingerprint density at radius 1 is 1.24 bits per heavy atom. The van der Waals surface area contributed by atoms with Crippen molar-refractivity contribution in [3.8, 4) is 5.75 Å². The minimum Gasteiger partial charge on any atom is -0.497 e. The van der Waals surface area contributed by atoms with Crippen molar-refractivity contribution < 1.29 is 9.15 Å². The predicted molar refractivity (Wildman–Crippen MR) is 74.8 cm³/mol. The van der Waals surface area contributed by atoms with Crippen LogP contribution in [0.4, 0.5) is 0 Å². The fourth-order valence-corrected chi connectivity index (χ4v) is 3.17. The van der Waals surface area contributed by atoms with Crippen LogP contribution in [0.2, 0.25) is 0 Å². The third-order valence-electron chi connectivity index (χ3n) is 2.40. The first-order valence-electron chi connectivity index (χ1n) is 4.84. The number of ether oxygens (including phenoxy) is 1. The minimum atomic E-state index is -0.275. The number of hydrogen-bond acceptors (Lipinski definition) is 2. The Kier molecular flexibility index (Phi) is 4.17. The normalized spacial score (nSPS) is 12.5. The van der Waals surface area contributed by atoms with Crippen LogP contribution in [0, 0.1) is 0 Å². The highest BCUT2D eigenvalue weighted by Crippen LogP contribution is 2.38. The van der Waals surface area contributed by atoms with Crippen LogP contribution < -0.4 is 4.74 Å². The second-order valence-electron chi connectivity index (χ2n) is 3.40. The summed E-state index contributed by atoms with van der Waals surface area (Å²) < 4.78 is 11.9. The lowest BCUT2D eigenvalue weighted by Crippen LogP contribution is -1.94. The predicted octanol–water partition coefficient (Wildman–Crippen LogP) is 5.14. The fraction of sp³-hybridized carbons (Fsp3) is 0.167. The standard InChI is InChI=1S/C12H9Br2ClO2/c1-16-7-2-3-8(10(13)6-7)11(15)9-4-5-17-12(9)14/h2-6,11H,1H3. The number of hydrogen-bond donors (Lipinski definition) is 0. The number of furan rings is 1. The summed E-state index contributed by atoms with van der Waals surface area (Å²) in [5, 5.41) is -0.275. The number of alkyl halides is 1. The van der Waals surface area contributed by atoms with Crippen LogP contribution in [0.1, 0.15) is 16.5 Å². The van der Waals surface area contributed by atoms with Crippen molar-refractivity contribution in [3.05, 3.63) is 50.8 Å². The van der Waals surface area contributed by atoms with E-state index in [2.05, 4.69) is 31.9 Å². The quantitative estimate of drug-likeness (QED) is 0.688. The lowest BCUT2D eigenvalue weighted by atomic mass is 10.1. The molecule has 90 valence electrons. The van der Waals surface area contributed by atoms with E-state index in [1.807, 2.05) is 24.3 Å². The average Bonchev–Trinajstić information content (AvgIpc) is 2.74. The highest BCUT2D eigenvalue weighted by Gasteiger charge is 2.18. The molecule has 17 heavy (non-hydrogen) atoms. The molecule has 0 aliphatic rings. The molecule has 1 atom stereocenters. The van der Waals surface area contributed by atoms with Crippen molar-refractivity contribution in [2.75, 3.05) is 7.11 Å². The molecule has 5 heteroatoms.